The molecule has 1 unspecified atom stereocenters. The second-order valence-electron chi connectivity index (χ2n) is 6.83. The lowest BCUT2D eigenvalue weighted by molar-refractivity contribution is -0.130. The Morgan fingerprint density at radius 2 is 1.96 bits per heavy atom. The van der Waals surface area contributed by atoms with E-state index in [1.54, 1.807) is 7.11 Å². The van der Waals surface area contributed by atoms with Gasteiger partial charge in [-0.3, -0.25) is 4.79 Å². The predicted octanol–water partition coefficient (Wildman–Crippen LogP) is 2.79. The molecule has 2 heterocycles. The highest BCUT2D eigenvalue weighted by atomic mass is 16.5. The van der Waals surface area contributed by atoms with Crippen LogP contribution < -0.4 is 10.1 Å². The molecule has 0 saturated carbocycles. The number of hydrogen-bond donors (Lipinski definition) is 1. The van der Waals surface area contributed by atoms with Gasteiger partial charge < -0.3 is 15.0 Å². The van der Waals surface area contributed by atoms with Crippen LogP contribution in [0, 0.1) is 5.92 Å². The van der Waals surface area contributed by atoms with E-state index in [-0.39, 0.29) is 0 Å². The Kier molecular flexibility index (Phi) is 5.55. The second kappa shape index (κ2) is 7.82. The summed E-state index contributed by atoms with van der Waals surface area (Å²) in [5.74, 6) is 2.45. The molecule has 1 N–H and O–H groups in total. The molecule has 0 radical (unpaired) electrons. The molecule has 1 aromatic carbocycles. The first-order valence-electron chi connectivity index (χ1n) is 8.88. The van der Waals surface area contributed by atoms with Crippen LogP contribution in [0.3, 0.4) is 0 Å². The smallest absolute Gasteiger partial charge is 0.222 e. The molecule has 3 rings (SSSR count). The van der Waals surface area contributed by atoms with Crippen LogP contribution in [0.5, 0.6) is 5.75 Å². The van der Waals surface area contributed by atoms with E-state index < -0.39 is 0 Å². The molecule has 0 bridgehead atoms. The Bertz CT molecular complexity index is 509. The van der Waals surface area contributed by atoms with Crippen molar-refractivity contribution in [1.82, 2.24) is 10.2 Å². The number of carbonyl (C=O) groups excluding carboxylic acids is 1. The summed E-state index contributed by atoms with van der Waals surface area (Å²) < 4.78 is 5.21. The quantitative estimate of drug-likeness (QED) is 0.908. The molecule has 2 saturated heterocycles. The number of benzene rings is 1. The number of carbonyl (C=O) groups is 1. The summed E-state index contributed by atoms with van der Waals surface area (Å²) in [6.45, 7) is 4.00. The van der Waals surface area contributed by atoms with Crippen LogP contribution in [-0.2, 0) is 4.79 Å². The van der Waals surface area contributed by atoms with Gasteiger partial charge in [0.15, 0.2) is 0 Å². The molecule has 2 fully saturated rings. The summed E-state index contributed by atoms with van der Waals surface area (Å²) in [6, 6.07) is 8.28. The number of nitrogens with zero attached hydrogens (tertiary/aromatic N) is 1. The highest BCUT2D eigenvalue weighted by Gasteiger charge is 2.27. The SMILES string of the molecule is COc1ccc(C2CCN(C(=O)CCC3CCNCC3)C2)cc1. The molecular formula is C19H28N2O2. The fourth-order valence-corrected chi connectivity index (χ4v) is 3.79. The number of amides is 1. The van der Waals surface area contributed by atoms with E-state index in [9.17, 15) is 4.79 Å². The lowest BCUT2D eigenvalue weighted by atomic mass is 9.93. The van der Waals surface area contributed by atoms with Gasteiger partial charge in [0.05, 0.1) is 7.11 Å². The van der Waals surface area contributed by atoms with Crippen molar-refractivity contribution < 1.29 is 9.53 Å². The lowest BCUT2D eigenvalue weighted by Gasteiger charge is -2.23. The van der Waals surface area contributed by atoms with Crippen LogP contribution in [0.2, 0.25) is 0 Å². The van der Waals surface area contributed by atoms with E-state index in [1.807, 2.05) is 12.1 Å². The van der Waals surface area contributed by atoms with Crippen molar-refractivity contribution in [2.75, 3.05) is 33.3 Å². The minimum Gasteiger partial charge on any atom is -0.497 e. The van der Waals surface area contributed by atoms with Gasteiger partial charge in [-0.1, -0.05) is 12.1 Å². The average Bonchev–Trinajstić information content (AvgIpc) is 3.11. The average molecular weight is 316 g/mol. The fourth-order valence-electron chi connectivity index (χ4n) is 3.79. The Hall–Kier alpha value is -1.55. The van der Waals surface area contributed by atoms with Crippen molar-refractivity contribution in [3.05, 3.63) is 29.8 Å². The monoisotopic (exact) mass is 316 g/mol. The molecule has 0 aromatic heterocycles. The zero-order valence-electron chi connectivity index (χ0n) is 14.1. The van der Waals surface area contributed by atoms with Crippen molar-refractivity contribution in [2.24, 2.45) is 5.92 Å². The van der Waals surface area contributed by atoms with Crippen LogP contribution in [-0.4, -0.2) is 44.1 Å². The van der Waals surface area contributed by atoms with Gasteiger partial charge in [0, 0.05) is 25.4 Å². The van der Waals surface area contributed by atoms with E-state index in [2.05, 4.69) is 22.3 Å². The Morgan fingerprint density at radius 1 is 1.22 bits per heavy atom. The minimum absolute atomic E-state index is 0.347. The molecule has 126 valence electrons. The van der Waals surface area contributed by atoms with Crippen molar-refractivity contribution in [2.45, 2.75) is 38.0 Å². The van der Waals surface area contributed by atoms with Crippen LogP contribution in [0.15, 0.2) is 24.3 Å². The molecular weight excluding hydrogens is 288 g/mol. The van der Waals surface area contributed by atoms with Gasteiger partial charge in [-0.2, -0.15) is 0 Å². The first kappa shape index (κ1) is 16.3. The third-order valence-electron chi connectivity index (χ3n) is 5.35. The first-order chi connectivity index (χ1) is 11.3. The van der Waals surface area contributed by atoms with Crippen LogP contribution in [0.1, 0.15) is 43.6 Å². The highest BCUT2D eigenvalue weighted by Crippen LogP contribution is 2.29. The highest BCUT2D eigenvalue weighted by molar-refractivity contribution is 5.76. The molecule has 2 aliphatic heterocycles. The number of rotatable bonds is 5. The number of methoxy groups -OCH3 is 1. The van der Waals surface area contributed by atoms with Gasteiger partial charge in [-0.25, -0.2) is 0 Å². The van der Waals surface area contributed by atoms with Crippen molar-refractivity contribution >= 4 is 5.91 Å². The summed E-state index contributed by atoms with van der Waals surface area (Å²) in [4.78, 5) is 14.5. The van der Waals surface area contributed by atoms with Gasteiger partial charge in [0.2, 0.25) is 5.91 Å². The molecule has 4 nitrogen and oxygen atoms in total. The molecule has 23 heavy (non-hydrogen) atoms. The lowest BCUT2D eigenvalue weighted by Crippen LogP contribution is -2.31. The standard InChI is InChI=1S/C19H28N2O2/c1-23-18-5-3-16(4-6-18)17-10-13-21(14-17)19(22)7-2-15-8-11-20-12-9-15/h3-6,15,17,20H,2,7-14H2,1H3. The largest absolute Gasteiger partial charge is 0.497 e. The zero-order valence-corrected chi connectivity index (χ0v) is 14.1. The van der Waals surface area contributed by atoms with Crippen molar-refractivity contribution in [3.8, 4) is 5.75 Å². The molecule has 2 aliphatic rings. The minimum atomic E-state index is 0.347. The molecule has 0 aliphatic carbocycles. The Labute approximate surface area is 139 Å². The van der Waals surface area contributed by atoms with Crippen molar-refractivity contribution in [3.63, 3.8) is 0 Å². The van der Waals surface area contributed by atoms with Gasteiger partial charge in [0.25, 0.3) is 0 Å². The van der Waals surface area contributed by atoms with Crippen LogP contribution in [0.25, 0.3) is 0 Å². The second-order valence-corrected chi connectivity index (χ2v) is 6.83. The predicted molar refractivity (Wildman–Crippen MR) is 91.8 cm³/mol. The number of piperidine rings is 1. The molecule has 1 aromatic rings. The Morgan fingerprint density at radius 3 is 2.65 bits per heavy atom. The van der Waals surface area contributed by atoms with Gasteiger partial charge in [-0.05, 0) is 62.4 Å². The summed E-state index contributed by atoms with van der Waals surface area (Å²) in [7, 11) is 1.69. The van der Waals surface area contributed by atoms with E-state index in [1.165, 1.54) is 18.4 Å². The maximum absolute atomic E-state index is 12.5. The molecule has 1 atom stereocenters. The zero-order chi connectivity index (χ0) is 16.1. The Balaban J connectivity index is 1.47. The summed E-state index contributed by atoms with van der Waals surface area (Å²) in [6.07, 6.45) is 5.30. The topological polar surface area (TPSA) is 41.6 Å². The van der Waals surface area contributed by atoms with E-state index in [0.29, 0.717) is 11.8 Å². The van der Waals surface area contributed by atoms with Gasteiger partial charge >= 0.3 is 0 Å². The summed E-state index contributed by atoms with van der Waals surface area (Å²) in [5, 5.41) is 3.39. The summed E-state index contributed by atoms with van der Waals surface area (Å²) >= 11 is 0. The number of hydrogen-bond acceptors (Lipinski definition) is 3. The molecule has 4 heteroatoms. The third-order valence-corrected chi connectivity index (χ3v) is 5.35. The number of nitrogens with one attached hydrogen (secondary N) is 1. The molecule has 1 amide bonds. The first-order valence-corrected chi connectivity index (χ1v) is 8.88. The third kappa shape index (κ3) is 4.25. The van der Waals surface area contributed by atoms with Crippen LogP contribution in [0.4, 0.5) is 0 Å². The van der Waals surface area contributed by atoms with Crippen molar-refractivity contribution in [1.29, 1.82) is 0 Å². The van der Waals surface area contributed by atoms with E-state index in [0.717, 1.165) is 57.1 Å². The maximum Gasteiger partial charge on any atom is 0.222 e. The molecule has 0 spiro atoms. The van der Waals surface area contributed by atoms with Crippen LogP contribution >= 0.6 is 0 Å². The number of likely N-dealkylation sites (tertiary alicyclic amines) is 1. The van der Waals surface area contributed by atoms with Gasteiger partial charge in [0.1, 0.15) is 5.75 Å². The maximum atomic E-state index is 12.5. The summed E-state index contributed by atoms with van der Waals surface area (Å²) in [5.41, 5.74) is 1.32. The van der Waals surface area contributed by atoms with E-state index >= 15 is 0 Å². The normalized spacial score (nSPS) is 22.3. The number of ether oxygens (including phenoxy) is 1. The van der Waals surface area contributed by atoms with Gasteiger partial charge in [-0.15, -0.1) is 0 Å². The fraction of sp³-hybridized carbons (Fsp3) is 0.632. The van der Waals surface area contributed by atoms with E-state index in [4.69, 9.17) is 4.74 Å².